The molecular formula is C19H33N7O4. The first-order valence-corrected chi connectivity index (χ1v) is 10.1. The number of nitrogens with one attached hydrogen (secondary N) is 3. The minimum absolute atomic E-state index is 0.0681. The lowest BCUT2D eigenvalue weighted by Crippen LogP contribution is -2.53. The highest BCUT2D eigenvalue weighted by Gasteiger charge is 2.40. The summed E-state index contributed by atoms with van der Waals surface area (Å²) < 4.78 is 12.4. The van der Waals surface area contributed by atoms with Crippen molar-refractivity contribution in [2.45, 2.75) is 57.2 Å². The Bertz CT molecular complexity index is 730. The Labute approximate surface area is 176 Å². The van der Waals surface area contributed by atoms with E-state index in [2.05, 4.69) is 38.1 Å². The van der Waals surface area contributed by atoms with Crippen LogP contribution in [0.4, 0.5) is 4.79 Å². The third-order valence-electron chi connectivity index (χ3n) is 4.95. The minimum atomic E-state index is -0.656. The summed E-state index contributed by atoms with van der Waals surface area (Å²) in [5.41, 5.74) is -1.22. The van der Waals surface area contributed by atoms with E-state index in [1.807, 2.05) is 25.5 Å². The van der Waals surface area contributed by atoms with Gasteiger partial charge in [-0.25, -0.2) is 9.48 Å². The number of tetrazole rings is 1. The number of nitrogens with zero attached hydrogens (tertiary/aromatic N) is 4. The lowest BCUT2D eigenvalue weighted by molar-refractivity contribution is -0.118. The fraction of sp³-hybridized carbons (Fsp3) is 0.737. The van der Waals surface area contributed by atoms with E-state index in [0.717, 1.165) is 6.42 Å². The second kappa shape index (κ2) is 10.5. The van der Waals surface area contributed by atoms with Crippen molar-refractivity contribution in [2.75, 3.05) is 33.4 Å². The van der Waals surface area contributed by atoms with Gasteiger partial charge in [0.05, 0.1) is 24.8 Å². The van der Waals surface area contributed by atoms with Crippen LogP contribution in [0.15, 0.2) is 12.7 Å². The number of alkyl carbamates (subject to hydrolysis) is 1. The predicted molar refractivity (Wildman–Crippen MR) is 110 cm³/mol. The molecule has 2 rings (SSSR count). The average molecular weight is 424 g/mol. The normalized spacial score (nSPS) is 18.5. The van der Waals surface area contributed by atoms with Gasteiger partial charge in [0.25, 0.3) is 0 Å². The number of hydrogen-bond donors (Lipinski definition) is 3. The Morgan fingerprint density at radius 1 is 1.40 bits per heavy atom. The number of aromatic nitrogens is 4. The maximum atomic E-state index is 11.9. The first-order chi connectivity index (χ1) is 14.2. The zero-order chi connectivity index (χ0) is 22.2. The molecule has 1 aromatic heterocycles. The van der Waals surface area contributed by atoms with Crippen molar-refractivity contribution in [3.8, 4) is 0 Å². The Hall–Kier alpha value is -2.53. The molecule has 1 fully saturated rings. The number of rotatable bonds is 11. The van der Waals surface area contributed by atoms with E-state index >= 15 is 0 Å². The third-order valence-corrected chi connectivity index (χ3v) is 4.95. The SMILES string of the molecule is C=CC(=O)NC(C)(C)CC(C)(NCCCOC(=O)NC)c1nnnn1C1CCOC1. The average Bonchev–Trinajstić information content (AvgIpc) is 3.37. The van der Waals surface area contributed by atoms with Gasteiger partial charge in [-0.2, -0.15) is 0 Å². The van der Waals surface area contributed by atoms with Crippen LogP contribution < -0.4 is 16.0 Å². The lowest BCUT2D eigenvalue weighted by atomic mass is 9.84. The van der Waals surface area contributed by atoms with E-state index in [4.69, 9.17) is 9.47 Å². The first-order valence-electron chi connectivity index (χ1n) is 10.1. The van der Waals surface area contributed by atoms with Crippen molar-refractivity contribution in [2.24, 2.45) is 0 Å². The van der Waals surface area contributed by atoms with E-state index in [1.54, 1.807) is 0 Å². The number of amides is 2. The summed E-state index contributed by atoms with van der Waals surface area (Å²) in [5.74, 6) is 0.427. The molecule has 2 heterocycles. The highest BCUT2D eigenvalue weighted by Crippen LogP contribution is 2.31. The molecule has 30 heavy (non-hydrogen) atoms. The molecule has 168 valence electrons. The fourth-order valence-electron chi connectivity index (χ4n) is 3.72. The van der Waals surface area contributed by atoms with Crippen molar-refractivity contribution in [1.82, 2.24) is 36.2 Å². The summed E-state index contributed by atoms with van der Waals surface area (Å²) in [6, 6.07) is 0.0681. The maximum absolute atomic E-state index is 11.9. The monoisotopic (exact) mass is 423 g/mol. The van der Waals surface area contributed by atoms with Gasteiger partial charge in [0.1, 0.15) is 0 Å². The summed E-state index contributed by atoms with van der Waals surface area (Å²) >= 11 is 0. The highest BCUT2D eigenvalue weighted by molar-refractivity contribution is 5.87. The first kappa shape index (κ1) is 23.7. The second-order valence-corrected chi connectivity index (χ2v) is 8.22. The molecule has 1 aliphatic rings. The third kappa shape index (κ3) is 6.49. The molecule has 3 N–H and O–H groups in total. The molecule has 11 heteroatoms. The molecule has 2 atom stereocenters. The molecule has 0 spiro atoms. The summed E-state index contributed by atoms with van der Waals surface area (Å²) in [4.78, 5) is 23.1. The van der Waals surface area contributed by atoms with E-state index in [1.165, 1.54) is 13.1 Å². The van der Waals surface area contributed by atoms with Crippen LogP contribution in [0.25, 0.3) is 0 Å². The molecule has 0 bridgehead atoms. The summed E-state index contributed by atoms with van der Waals surface area (Å²) in [6.07, 6.45) is 2.75. The smallest absolute Gasteiger partial charge is 0.406 e. The molecule has 1 aromatic rings. The van der Waals surface area contributed by atoms with Gasteiger partial charge in [-0.05, 0) is 63.1 Å². The van der Waals surface area contributed by atoms with E-state index < -0.39 is 17.2 Å². The van der Waals surface area contributed by atoms with Crippen molar-refractivity contribution >= 4 is 12.0 Å². The van der Waals surface area contributed by atoms with Gasteiger partial charge in [-0.1, -0.05) is 6.58 Å². The van der Waals surface area contributed by atoms with Gasteiger partial charge in [0.2, 0.25) is 5.91 Å². The topological polar surface area (TPSA) is 132 Å². The largest absolute Gasteiger partial charge is 0.450 e. The molecule has 0 saturated carbocycles. The summed E-state index contributed by atoms with van der Waals surface area (Å²) in [6.45, 7) is 11.5. The molecule has 0 aliphatic carbocycles. The maximum Gasteiger partial charge on any atom is 0.406 e. The van der Waals surface area contributed by atoms with Gasteiger partial charge in [0.15, 0.2) is 5.82 Å². The van der Waals surface area contributed by atoms with Crippen LogP contribution in [0.2, 0.25) is 0 Å². The van der Waals surface area contributed by atoms with E-state index in [-0.39, 0.29) is 18.6 Å². The Morgan fingerprint density at radius 2 is 2.17 bits per heavy atom. The zero-order valence-electron chi connectivity index (χ0n) is 18.2. The number of carbonyl (C=O) groups is 2. The lowest BCUT2D eigenvalue weighted by Gasteiger charge is -2.38. The Kier molecular flexibility index (Phi) is 8.30. The van der Waals surface area contributed by atoms with Crippen molar-refractivity contribution in [3.05, 3.63) is 18.5 Å². The van der Waals surface area contributed by atoms with Crippen molar-refractivity contribution < 1.29 is 19.1 Å². The van der Waals surface area contributed by atoms with Crippen LogP contribution in [0.5, 0.6) is 0 Å². The molecule has 0 aromatic carbocycles. The molecule has 1 saturated heterocycles. The summed E-state index contributed by atoms with van der Waals surface area (Å²) in [7, 11) is 1.52. The van der Waals surface area contributed by atoms with Crippen LogP contribution in [0.3, 0.4) is 0 Å². The van der Waals surface area contributed by atoms with Crippen LogP contribution >= 0.6 is 0 Å². The standard InChI is InChI=1S/C19H33N7O4/c1-6-15(27)22-18(2,3)13-19(4,21-9-7-10-30-17(28)20-5)16-23-24-25-26(16)14-8-11-29-12-14/h6,14,21H,1,7-13H2,2-5H3,(H,20,28)(H,22,27). The van der Waals surface area contributed by atoms with Gasteiger partial charge >= 0.3 is 6.09 Å². The van der Waals surface area contributed by atoms with Crippen LogP contribution in [-0.4, -0.2) is 71.2 Å². The van der Waals surface area contributed by atoms with Gasteiger partial charge in [-0.3, -0.25) is 4.79 Å². The fourth-order valence-corrected chi connectivity index (χ4v) is 3.72. The number of hydrogen-bond acceptors (Lipinski definition) is 8. The molecule has 0 radical (unpaired) electrons. The summed E-state index contributed by atoms with van der Waals surface area (Å²) in [5, 5.41) is 21.3. The molecule has 2 amide bonds. The zero-order valence-corrected chi connectivity index (χ0v) is 18.2. The Morgan fingerprint density at radius 3 is 2.80 bits per heavy atom. The second-order valence-electron chi connectivity index (χ2n) is 8.22. The predicted octanol–water partition coefficient (Wildman–Crippen LogP) is 0.656. The van der Waals surface area contributed by atoms with Gasteiger partial charge in [0, 0.05) is 19.2 Å². The van der Waals surface area contributed by atoms with E-state index in [0.29, 0.717) is 38.4 Å². The van der Waals surface area contributed by atoms with Crippen LogP contribution in [-0.2, 0) is 19.8 Å². The van der Waals surface area contributed by atoms with Crippen LogP contribution in [0, 0.1) is 0 Å². The quantitative estimate of drug-likeness (QED) is 0.349. The molecule has 11 nitrogen and oxygen atoms in total. The van der Waals surface area contributed by atoms with E-state index in [9.17, 15) is 9.59 Å². The highest BCUT2D eigenvalue weighted by atomic mass is 16.5. The van der Waals surface area contributed by atoms with Gasteiger partial charge in [-0.15, -0.1) is 5.10 Å². The Balaban J connectivity index is 2.17. The molecule has 2 unspecified atom stereocenters. The van der Waals surface area contributed by atoms with Crippen LogP contribution in [0.1, 0.15) is 51.9 Å². The molecule has 1 aliphatic heterocycles. The minimum Gasteiger partial charge on any atom is -0.450 e. The number of ether oxygens (including phenoxy) is 2. The number of carbonyl (C=O) groups excluding carboxylic acids is 2. The van der Waals surface area contributed by atoms with Crippen molar-refractivity contribution in [1.29, 1.82) is 0 Å². The van der Waals surface area contributed by atoms with Gasteiger partial charge < -0.3 is 25.4 Å². The van der Waals surface area contributed by atoms with Crippen molar-refractivity contribution in [3.63, 3.8) is 0 Å². The molecular weight excluding hydrogens is 390 g/mol.